The van der Waals surface area contributed by atoms with Crippen LogP contribution in [0.5, 0.6) is 0 Å². The molecule has 0 aromatic heterocycles. The molecule has 0 saturated carbocycles. The number of aliphatic hydroxyl groups is 1. The zero-order chi connectivity index (χ0) is 12.2. The summed E-state index contributed by atoms with van der Waals surface area (Å²) in [5, 5.41) is 8.84. The van der Waals surface area contributed by atoms with Crippen LogP contribution in [-0.2, 0) is 0 Å². The van der Waals surface area contributed by atoms with Gasteiger partial charge in [-0.05, 0) is 51.4 Å². The molecule has 0 bridgehead atoms. The summed E-state index contributed by atoms with van der Waals surface area (Å²) in [6, 6.07) is 0. The van der Waals surface area contributed by atoms with Gasteiger partial charge in [0, 0.05) is 0 Å². The Hall–Kier alpha value is -0.560. The number of hydrogen-bond acceptors (Lipinski definition) is 1. The third-order valence-corrected chi connectivity index (χ3v) is 3.89. The van der Waals surface area contributed by atoms with E-state index in [0.29, 0.717) is 5.41 Å². The monoisotopic (exact) mass is 222 g/mol. The molecule has 1 aliphatic carbocycles. The molecule has 1 N–H and O–H groups in total. The fourth-order valence-electron chi connectivity index (χ4n) is 2.81. The van der Waals surface area contributed by atoms with E-state index >= 15 is 0 Å². The molecule has 0 aromatic carbocycles. The Labute approximate surface area is 100 Å². The zero-order valence-electron chi connectivity index (χ0n) is 11.3. The molecule has 1 rings (SSSR count). The van der Waals surface area contributed by atoms with E-state index in [2.05, 4.69) is 27.7 Å². The van der Waals surface area contributed by atoms with Gasteiger partial charge in [0.2, 0.25) is 0 Å². The Kier molecular flexibility index (Phi) is 4.79. The Morgan fingerprint density at radius 2 is 2.12 bits per heavy atom. The molecular formula is C15H26O. The molecule has 0 atom stereocenters. The topological polar surface area (TPSA) is 20.2 Å². The van der Waals surface area contributed by atoms with Crippen LogP contribution in [0.25, 0.3) is 0 Å². The van der Waals surface area contributed by atoms with Crippen LogP contribution < -0.4 is 0 Å². The lowest BCUT2D eigenvalue weighted by atomic mass is 9.71. The van der Waals surface area contributed by atoms with Gasteiger partial charge in [0.1, 0.15) is 0 Å². The van der Waals surface area contributed by atoms with Crippen molar-refractivity contribution >= 4 is 0 Å². The fourth-order valence-corrected chi connectivity index (χ4v) is 2.81. The molecular weight excluding hydrogens is 196 g/mol. The van der Waals surface area contributed by atoms with Crippen LogP contribution in [0, 0.1) is 5.41 Å². The van der Waals surface area contributed by atoms with Crippen LogP contribution in [-0.4, -0.2) is 11.7 Å². The first kappa shape index (κ1) is 13.5. The quantitative estimate of drug-likeness (QED) is 0.706. The van der Waals surface area contributed by atoms with E-state index in [9.17, 15) is 0 Å². The molecule has 1 nitrogen and oxygen atoms in total. The van der Waals surface area contributed by atoms with Gasteiger partial charge in [0.25, 0.3) is 0 Å². The molecule has 0 fully saturated rings. The van der Waals surface area contributed by atoms with E-state index in [1.165, 1.54) is 31.3 Å². The summed E-state index contributed by atoms with van der Waals surface area (Å²) < 4.78 is 0. The molecule has 0 aromatic rings. The SMILES string of the molecule is CC1=C(CC/C(C)=C/CO)C(C)(C)CCC1. The van der Waals surface area contributed by atoms with Gasteiger partial charge in [-0.2, -0.15) is 0 Å². The van der Waals surface area contributed by atoms with Crippen molar-refractivity contribution in [2.24, 2.45) is 5.41 Å². The summed E-state index contributed by atoms with van der Waals surface area (Å²) in [6.07, 6.45) is 8.13. The summed E-state index contributed by atoms with van der Waals surface area (Å²) in [4.78, 5) is 0. The third-order valence-electron chi connectivity index (χ3n) is 3.89. The molecule has 0 unspecified atom stereocenters. The Morgan fingerprint density at radius 3 is 2.69 bits per heavy atom. The van der Waals surface area contributed by atoms with E-state index in [1.807, 2.05) is 6.08 Å². The molecule has 0 heterocycles. The third kappa shape index (κ3) is 3.48. The van der Waals surface area contributed by atoms with Crippen molar-refractivity contribution in [3.8, 4) is 0 Å². The molecule has 1 aliphatic rings. The highest BCUT2D eigenvalue weighted by Crippen LogP contribution is 2.42. The first-order chi connectivity index (χ1) is 7.47. The summed E-state index contributed by atoms with van der Waals surface area (Å²) >= 11 is 0. The average Bonchev–Trinajstić information content (AvgIpc) is 2.16. The van der Waals surface area contributed by atoms with E-state index in [4.69, 9.17) is 5.11 Å². The lowest BCUT2D eigenvalue weighted by Crippen LogP contribution is -2.20. The van der Waals surface area contributed by atoms with Crippen molar-refractivity contribution in [3.63, 3.8) is 0 Å². The molecule has 0 aliphatic heterocycles. The number of aliphatic hydroxyl groups excluding tert-OH is 1. The molecule has 0 spiro atoms. The minimum Gasteiger partial charge on any atom is -0.392 e. The highest BCUT2D eigenvalue weighted by molar-refractivity contribution is 5.23. The van der Waals surface area contributed by atoms with Gasteiger partial charge in [-0.1, -0.05) is 36.6 Å². The second kappa shape index (κ2) is 5.67. The first-order valence-corrected chi connectivity index (χ1v) is 6.43. The predicted octanol–water partition coefficient (Wildman–Crippen LogP) is 4.23. The minimum atomic E-state index is 0.174. The highest BCUT2D eigenvalue weighted by Gasteiger charge is 2.27. The smallest absolute Gasteiger partial charge is 0.0614 e. The molecule has 0 amide bonds. The summed E-state index contributed by atoms with van der Waals surface area (Å²) in [7, 11) is 0. The molecule has 0 saturated heterocycles. The van der Waals surface area contributed by atoms with E-state index < -0.39 is 0 Å². The van der Waals surface area contributed by atoms with Gasteiger partial charge >= 0.3 is 0 Å². The van der Waals surface area contributed by atoms with Gasteiger partial charge in [-0.15, -0.1) is 0 Å². The lowest BCUT2D eigenvalue weighted by molar-refractivity contribution is 0.340. The number of rotatable bonds is 4. The van der Waals surface area contributed by atoms with Crippen LogP contribution in [0.2, 0.25) is 0 Å². The van der Waals surface area contributed by atoms with E-state index in [0.717, 1.165) is 6.42 Å². The molecule has 1 heteroatoms. The van der Waals surface area contributed by atoms with Crippen molar-refractivity contribution in [2.45, 2.75) is 59.8 Å². The van der Waals surface area contributed by atoms with Gasteiger partial charge in [-0.3, -0.25) is 0 Å². The number of hydrogen-bond donors (Lipinski definition) is 1. The average molecular weight is 222 g/mol. The highest BCUT2D eigenvalue weighted by atomic mass is 16.2. The van der Waals surface area contributed by atoms with Crippen LogP contribution in [0.3, 0.4) is 0 Å². The molecule has 0 radical (unpaired) electrons. The Balaban J connectivity index is 2.67. The minimum absolute atomic E-state index is 0.174. The maximum absolute atomic E-state index is 8.84. The molecule has 92 valence electrons. The second-order valence-corrected chi connectivity index (χ2v) is 5.73. The molecule has 16 heavy (non-hydrogen) atoms. The maximum Gasteiger partial charge on any atom is 0.0614 e. The zero-order valence-corrected chi connectivity index (χ0v) is 11.3. The predicted molar refractivity (Wildman–Crippen MR) is 70.4 cm³/mol. The van der Waals surface area contributed by atoms with E-state index in [-0.39, 0.29) is 6.61 Å². The van der Waals surface area contributed by atoms with Crippen molar-refractivity contribution in [3.05, 3.63) is 22.8 Å². The Bertz CT molecular complexity index is 295. The van der Waals surface area contributed by atoms with Crippen LogP contribution in [0.15, 0.2) is 22.8 Å². The summed E-state index contributed by atoms with van der Waals surface area (Å²) in [5.41, 5.74) is 4.96. The summed E-state index contributed by atoms with van der Waals surface area (Å²) in [6.45, 7) is 9.32. The normalized spacial score (nSPS) is 21.4. The first-order valence-electron chi connectivity index (χ1n) is 6.43. The van der Waals surface area contributed by atoms with Crippen molar-refractivity contribution in [1.29, 1.82) is 0 Å². The van der Waals surface area contributed by atoms with Crippen LogP contribution in [0.1, 0.15) is 59.8 Å². The Morgan fingerprint density at radius 1 is 1.44 bits per heavy atom. The van der Waals surface area contributed by atoms with Crippen LogP contribution in [0.4, 0.5) is 0 Å². The lowest BCUT2D eigenvalue weighted by Gasteiger charge is -2.34. The van der Waals surface area contributed by atoms with Crippen molar-refractivity contribution < 1.29 is 5.11 Å². The van der Waals surface area contributed by atoms with Gasteiger partial charge in [-0.25, -0.2) is 0 Å². The second-order valence-electron chi connectivity index (χ2n) is 5.73. The summed E-state index contributed by atoms with van der Waals surface area (Å²) in [5.74, 6) is 0. The van der Waals surface area contributed by atoms with Crippen molar-refractivity contribution in [2.75, 3.05) is 6.61 Å². The van der Waals surface area contributed by atoms with Gasteiger partial charge in [0.05, 0.1) is 6.61 Å². The van der Waals surface area contributed by atoms with Crippen LogP contribution >= 0.6 is 0 Å². The fraction of sp³-hybridized carbons (Fsp3) is 0.733. The van der Waals surface area contributed by atoms with Gasteiger partial charge in [0.15, 0.2) is 0 Å². The number of allylic oxidation sites excluding steroid dienone is 3. The largest absolute Gasteiger partial charge is 0.392 e. The maximum atomic E-state index is 8.84. The standard InChI is InChI=1S/C15H26O/c1-12(9-11-16)7-8-14-13(2)6-5-10-15(14,3)4/h9,16H,5-8,10-11H2,1-4H3/b12-9+. The van der Waals surface area contributed by atoms with E-state index in [1.54, 1.807) is 11.1 Å². The van der Waals surface area contributed by atoms with Crippen molar-refractivity contribution in [1.82, 2.24) is 0 Å². The van der Waals surface area contributed by atoms with Gasteiger partial charge < -0.3 is 5.11 Å².